The fourth-order valence-electron chi connectivity index (χ4n) is 2.44. The number of hydrogen-bond acceptors (Lipinski definition) is 3. The summed E-state index contributed by atoms with van der Waals surface area (Å²) in [7, 11) is 3.62. The zero-order valence-corrected chi connectivity index (χ0v) is 12.0. The Hall–Kier alpha value is -1.33. The van der Waals surface area contributed by atoms with Crippen molar-refractivity contribution < 1.29 is 14.3 Å². The number of carbonyl (C=O) groups excluding carboxylic acids is 1. The SMILES string of the molecule is CO[C@@H]1COCC[C@H]1NC(=O)c1cc(C)n(C)c1C. The summed E-state index contributed by atoms with van der Waals surface area (Å²) < 4.78 is 12.7. The van der Waals surface area contributed by atoms with Crippen LogP contribution >= 0.6 is 0 Å². The van der Waals surface area contributed by atoms with Crippen LogP contribution in [0.4, 0.5) is 0 Å². The van der Waals surface area contributed by atoms with Crippen molar-refractivity contribution in [1.29, 1.82) is 0 Å². The Balaban J connectivity index is 2.09. The minimum absolute atomic E-state index is 0.0196. The molecule has 2 atom stereocenters. The number of ether oxygens (including phenoxy) is 2. The molecule has 1 saturated heterocycles. The van der Waals surface area contributed by atoms with E-state index in [4.69, 9.17) is 9.47 Å². The molecule has 0 unspecified atom stereocenters. The standard InChI is InChI=1S/C14H22N2O3/c1-9-7-11(10(2)16(9)3)14(17)15-12-5-6-19-8-13(12)18-4/h7,12-13H,5-6,8H2,1-4H3,(H,15,17)/t12-,13-/m1/s1. The fraction of sp³-hybridized carbons (Fsp3) is 0.643. The van der Waals surface area contributed by atoms with Crippen LogP contribution in [-0.4, -0.2) is 42.9 Å². The number of aromatic nitrogens is 1. The van der Waals surface area contributed by atoms with Crippen molar-refractivity contribution in [2.45, 2.75) is 32.4 Å². The van der Waals surface area contributed by atoms with Gasteiger partial charge in [0.1, 0.15) is 6.10 Å². The highest BCUT2D eigenvalue weighted by atomic mass is 16.5. The summed E-state index contributed by atoms with van der Waals surface area (Å²) in [6.45, 7) is 5.15. The topological polar surface area (TPSA) is 52.5 Å². The molecular formula is C14H22N2O3. The zero-order chi connectivity index (χ0) is 14.0. The lowest BCUT2D eigenvalue weighted by atomic mass is 10.1. The largest absolute Gasteiger partial charge is 0.379 e. The number of rotatable bonds is 3. The van der Waals surface area contributed by atoms with E-state index < -0.39 is 0 Å². The van der Waals surface area contributed by atoms with Crippen LogP contribution in [0, 0.1) is 13.8 Å². The normalized spacial score (nSPS) is 23.4. The van der Waals surface area contributed by atoms with E-state index >= 15 is 0 Å². The molecule has 2 rings (SSSR count). The molecule has 5 nitrogen and oxygen atoms in total. The number of aryl methyl sites for hydroxylation is 1. The third kappa shape index (κ3) is 2.82. The Kier molecular flexibility index (Phi) is 4.27. The van der Waals surface area contributed by atoms with Crippen LogP contribution in [0.1, 0.15) is 28.2 Å². The monoisotopic (exact) mass is 266 g/mol. The van der Waals surface area contributed by atoms with Gasteiger partial charge in [0.05, 0.1) is 18.2 Å². The summed E-state index contributed by atoms with van der Waals surface area (Å²) in [6, 6.07) is 1.94. The molecule has 106 valence electrons. The number of nitrogens with zero attached hydrogens (tertiary/aromatic N) is 1. The third-order valence-corrected chi connectivity index (χ3v) is 3.94. The predicted octanol–water partition coefficient (Wildman–Crippen LogP) is 1.18. The molecule has 1 aromatic rings. The molecule has 5 heteroatoms. The van der Waals surface area contributed by atoms with E-state index in [9.17, 15) is 4.79 Å². The highest BCUT2D eigenvalue weighted by Crippen LogP contribution is 2.15. The molecule has 1 aliphatic rings. The molecule has 0 aliphatic carbocycles. The molecule has 0 bridgehead atoms. The quantitative estimate of drug-likeness (QED) is 0.893. The fourth-order valence-corrected chi connectivity index (χ4v) is 2.44. The Morgan fingerprint density at radius 2 is 2.26 bits per heavy atom. The van der Waals surface area contributed by atoms with Gasteiger partial charge in [-0.2, -0.15) is 0 Å². The van der Waals surface area contributed by atoms with Crippen molar-refractivity contribution in [3.05, 3.63) is 23.0 Å². The van der Waals surface area contributed by atoms with Crippen LogP contribution in [-0.2, 0) is 16.5 Å². The van der Waals surface area contributed by atoms with Crippen LogP contribution in [0.3, 0.4) is 0 Å². The minimum atomic E-state index is -0.0668. The maximum atomic E-state index is 12.3. The second-order valence-electron chi connectivity index (χ2n) is 5.06. The van der Waals surface area contributed by atoms with Gasteiger partial charge in [0.15, 0.2) is 0 Å². The van der Waals surface area contributed by atoms with E-state index in [0.717, 1.165) is 23.4 Å². The molecule has 0 spiro atoms. The van der Waals surface area contributed by atoms with Crippen molar-refractivity contribution in [3.8, 4) is 0 Å². The summed E-state index contributed by atoms with van der Waals surface area (Å²) in [6.07, 6.45) is 0.720. The average Bonchev–Trinajstić information content (AvgIpc) is 2.67. The third-order valence-electron chi connectivity index (χ3n) is 3.94. The van der Waals surface area contributed by atoms with E-state index in [2.05, 4.69) is 5.32 Å². The first-order chi connectivity index (χ1) is 9.04. The lowest BCUT2D eigenvalue weighted by Gasteiger charge is -2.31. The smallest absolute Gasteiger partial charge is 0.253 e. The van der Waals surface area contributed by atoms with Crippen molar-refractivity contribution in [3.63, 3.8) is 0 Å². The zero-order valence-electron chi connectivity index (χ0n) is 12.0. The van der Waals surface area contributed by atoms with E-state index in [-0.39, 0.29) is 18.1 Å². The second kappa shape index (κ2) is 5.75. The summed E-state index contributed by atoms with van der Waals surface area (Å²) in [5.74, 6) is -0.0323. The first kappa shape index (κ1) is 14.1. The van der Waals surface area contributed by atoms with Crippen molar-refractivity contribution >= 4 is 5.91 Å². The minimum Gasteiger partial charge on any atom is -0.379 e. The first-order valence-corrected chi connectivity index (χ1v) is 6.59. The van der Waals surface area contributed by atoms with Gasteiger partial charge in [-0.15, -0.1) is 0 Å². The molecule has 19 heavy (non-hydrogen) atoms. The molecule has 1 N–H and O–H groups in total. The summed E-state index contributed by atoms with van der Waals surface area (Å²) in [5.41, 5.74) is 2.80. The number of nitrogens with one attached hydrogen (secondary N) is 1. The predicted molar refractivity (Wildman–Crippen MR) is 72.4 cm³/mol. The molecule has 2 heterocycles. The van der Waals surface area contributed by atoms with Gasteiger partial charge in [-0.1, -0.05) is 0 Å². The van der Waals surface area contributed by atoms with Gasteiger partial charge in [-0.05, 0) is 26.3 Å². The number of hydrogen-bond donors (Lipinski definition) is 1. The highest BCUT2D eigenvalue weighted by molar-refractivity contribution is 5.95. The van der Waals surface area contributed by atoms with Gasteiger partial charge < -0.3 is 19.4 Å². The summed E-state index contributed by atoms with van der Waals surface area (Å²) in [4.78, 5) is 12.3. The molecule has 1 amide bonds. The number of carbonyl (C=O) groups is 1. The van der Waals surface area contributed by atoms with Gasteiger partial charge >= 0.3 is 0 Å². The molecule has 1 aliphatic heterocycles. The maximum Gasteiger partial charge on any atom is 0.253 e. The first-order valence-electron chi connectivity index (χ1n) is 6.59. The number of amides is 1. The Morgan fingerprint density at radius 3 is 2.84 bits per heavy atom. The van der Waals surface area contributed by atoms with E-state index in [1.54, 1.807) is 7.11 Å². The van der Waals surface area contributed by atoms with Crippen LogP contribution < -0.4 is 5.32 Å². The van der Waals surface area contributed by atoms with Crippen LogP contribution in [0.2, 0.25) is 0 Å². The van der Waals surface area contributed by atoms with Crippen LogP contribution in [0.5, 0.6) is 0 Å². The lowest BCUT2D eigenvalue weighted by molar-refractivity contribution is -0.0479. The molecular weight excluding hydrogens is 244 g/mol. The maximum absolute atomic E-state index is 12.3. The summed E-state index contributed by atoms with van der Waals surface area (Å²) >= 11 is 0. The van der Waals surface area contributed by atoms with Crippen molar-refractivity contribution in [1.82, 2.24) is 9.88 Å². The molecule has 0 aromatic carbocycles. The average molecular weight is 266 g/mol. The van der Waals surface area contributed by atoms with E-state index in [1.807, 2.05) is 31.5 Å². The van der Waals surface area contributed by atoms with Crippen molar-refractivity contribution in [2.75, 3.05) is 20.3 Å². The van der Waals surface area contributed by atoms with Gasteiger partial charge in [0, 0.05) is 32.2 Å². The highest BCUT2D eigenvalue weighted by Gasteiger charge is 2.28. The van der Waals surface area contributed by atoms with Gasteiger partial charge in [0.25, 0.3) is 5.91 Å². The van der Waals surface area contributed by atoms with Gasteiger partial charge in [0.2, 0.25) is 0 Å². The lowest BCUT2D eigenvalue weighted by Crippen LogP contribution is -2.49. The van der Waals surface area contributed by atoms with E-state index in [0.29, 0.717) is 13.2 Å². The molecule has 1 fully saturated rings. The van der Waals surface area contributed by atoms with Gasteiger partial charge in [-0.25, -0.2) is 0 Å². The van der Waals surface area contributed by atoms with Crippen molar-refractivity contribution in [2.24, 2.45) is 7.05 Å². The van der Waals surface area contributed by atoms with Gasteiger partial charge in [-0.3, -0.25) is 4.79 Å². The molecule has 0 radical (unpaired) electrons. The summed E-state index contributed by atoms with van der Waals surface area (Å²) in [5, 5.41) is 3.06. The van der Waals surface area contributed by atoms with Crippen LogP contribution in [0.15, 0.2) is 6.07 Å². The van der Waals surface area contributed by atoms with Crippen LogP contribution in [0.25, 0.3) is 0 Å². The molecule has 0 saturated carbocycles. The Labute approximate surface area is 113 Å². The molecule has 1 aromatic heterocycles. The Bertz CT molecular complexity index is 468. The number of methoxy groups -OCH3 is 1. The second-order valence-corrected chi connectivity index (χ2v) is 5.06. The Morgan fingerprint density at radius 1 is 1.53 bits per heavy atom. The van der Waals surface area contributed by atoms with E-state index in [1.165, 1.54) is 0 Å².